The van der Waals surface area contributed by atoms with Gasteiger partial charge < -0.3 is 10.0 Å². The molecule has 0 saturated carbocycles. The van der Waals surface area contributed by atoms with Gasteiger partial charge in [0.2, 0.25) is 0 Å². The Morgan fingerprint density at radius 2 is 2.07 bits per heavy atom. The molecule has 1 aliphatic heterocycles. The number of nitrogens with zero attached hydrogens (tertiary/aromatic N) is 5. The molecule has 1 aromatic carbocycles. The number of aromatic nitrogens is 4. The van der Waals surface area contributed by atoms with Gasteiger partial charge in [-0.3, -0.25) is 14.6 Å². The fourth-order valence-electron chi connectivity index (χ4n) is 3.54. The molecule has 8 nitrogen and oxygen atoms in total. The van der Waals surface area contributed by atoms with Crippen molar-refractivity contribution in [2.75, 3.05) is 13.1 Å². The normalized spacial score (nSPS) is 17.2. The van der Waals surface area contributed by atoms with Crippen LogP contribution in [0.1, 0.15) is 29.0 Å². The number of aliphatic carboxylic acids is 1. The molecule has 0 radical (unpaired) electrons. The highest BCUT2D eigenvalue weighted by atomic mass is 16.4. The van der Waals surface area contributed by atoms with E-state index in [1.807, 2.05) is 30.3 Å². The van der Waals surface area contributed by atoms with Crippen molar-refractivity contribution in [2.24, 2.45) is 5.92 Å². The molecule has 0 aliphatic carbocycles. The average molecular weight is 365 g/mol. The molecule has 1 saturated heterocycles. The highest BCUT2D eigenvalue weighted by molar-refractivity contribution is 5.94. The van der Waals surface area contributed by atoms with Crippen LogP contribution < -0.4 is 0 Å². The van der Waals surface area contributed by atoms with E-state index in [0.29, 0.717) is 25.1 Å². The third kappa shape index (κ3) is 3.03. The van der Waals surface area contributed by atoms with Crippen LogP contribution in [0.3, 0.4) is 0 Å². The molecular formula is C19H19N5O3. The fraction of sp³-hybridized carbons (Fsp3) is 0.316. The molecule has 3 aromatic rings. The van der Waals surface area contributed by atoms with Crippen molar-refractivity contribution in [1.82, 2.24) is 24.9 Å². The van der Waals surface area contributed by atoms with Crippen molar-refractivity contribution in [1.29, 1.82) is 0 Å². The lowest BCUT2D eigenvalue weighted by molar-refractivity contribution is -0.143. The molecule has 4 rings (SSSR count). The van der Waals surface area contributed by atoms with Gasteiger partial charge in [-0.1, -0.05) is 11.3 Å². The number of carboxylic acid groups (broad SMARTS) is 1. The van der Waals surface area contributed by atoms with E-state index < -0.39 is 11.9 Å². The Balaban J connectivity index is 1.68. The van der Waals surface area contributed by atoms with E-state index in [2.05, 4.69) is 15.3 Å². The van der Waals surface area contributed by atoms with Crippen molar-refractivity contribution in [3.8, 4) is 5.69 Å². The Hall–Kier alpha value is -3.29. The first kappa shape index (κ1) is 17.1. The molecule has 0 spiro atoms. The van der Waals surface area contributed by atoms with Gasteiger partial charge in [0.05, 0.1) is 22.8 Å². The summed E-state index contributed by atoms with van der Waals surface area (Å²) in [6.45, 7) is 2.53. The number of likely N-dealkylation sites (tertiary alicyclic amines) is 1. The minimum absolute atomic E-state index is 0.207. The first-order chi connectivity index (χ1) is 13.1. The Bertz CT molecular complexity index is 1020. The van der Waals surface area contributed by atoms with E-state index in [1.165, 1.54) is 0 Å². The van der Waals surface area contributed by atoms with E-state index >= 15 is 0 Å². The molecule has 1 N–H and O–H groups in total. The molecule has 2 aromatic heterocycles. The van der Waals surface area contributed by atoms with E-state index in [0.717, 1.165) is 16.6 Å². The highest BCUT2D eigenvalue weighted by Crippen LogP contribution is 2.23. The average Bonchev–Trinajstić information content (AvgIpc) is 3.08. The second-order valence-electron chi connectivity index (χ2n) is 6.71. The summed E-state index contributed by atoms with van der Waals surface area (Å²) in [4.78, 5) is 30.1. The van der Waals surface area contributed by atoms with Crippen LogP contribution in [0.15, 0.2) is 36.5 Å². The molecular weight excluding hydrogens is 346 g/mol. The number of fused-ring (bicyclic) bond motifs is 1. The number of carbonyl (C=O) groups excluding carboxylic acids is 1. The van der Waals surface area contributed by atoms with Crippen molar-refractivity contribution < 1.29 is 14.7 Å². The molecule has 3 heterocycles. The number of piperidine rings is 1. The fourth-order valence-corrected chi connectivity index (χ4v) is 3.54. The van der Waals surface area contributed by atoms with Gasteiger partial charge in [-0.05, 0) is 44.0 Å². The minimum Gasteiger partial charge on any atom is -0.481 e. The lowest BCUT2D eigenvalue weighted by atomic mass is 9.98. The molecule has 0 bridgehead atoms. The molecule has 0 unspecified atom stereocenters. The molecule has 1 atom stereocenters. The molecule has 8 heteroatoms. The number of pyridine rings is 1. The van der Waals surface area contributed by atoms with Crippen LogP contribution >= 0.6 is 0 Å². The molecule has 1 fully saturated rings. The third-order valence-corrected chi connectivity index (χ3v) is 5.01. The largest absolute Gasteiger partial charge is 0.481 e. The summed E-state index contributed by atoms with van der Waals surface area (Å²) in [5.74, 6) is -1.67. The lowest BCUT2D eigenvalue weighted by Crippen LogP contribution is -2.42. The number of benzene rings is 1. The lowest BCUT2D eigenvalue weighted by Gasteiger charge is -2.30. The summed E-state index contributed by atoms with van der Waals surface area (Å²) in [6.07, 6.45) is 2.99. The molecule has 1 aliphatic rings. The zero-order valence-electron chi connectivity index (χ0n) is 14.9. The van der Waals surface area contributed by atoms with Crippen molar-refractivity contribution in [2.45, 2.75) is 19.8 Å². The van der Waals surface area contributed by atoms with Gasteiger partial charge in [0.1, 0.15) is 0 Å². The summed E-state index contributed by atoms with van der Waals surface area (Å²) in [5, 5.41) is 18.4. The first-order valence-corrected chi connectivity index (χ1v) is 8.85. The SMILES string of the molecule is Cc1c(C(=O)N2CCC[C@H](C(=O)O)C2)nnn1-c1cccc2ncccc12. The summed E-state index contributed by atoms with van der Waals surface area (Å²) in [6, 6.07) is 9.50. The predicted molar refractivity (Wildman–Crippen MR) is 97.7 cm³/mol. The molecule has 138 valence electrons. The van der Waals surface area contributed by atoms with Crippen LogP contribution in [-0.2, 0) is 4.79 Å². The quantitative estimate of drug-likeness (QED) is 0.762. The summed E-state index contributed by atoms with van der Waals surface area (Å²) in [7, 11) is 0. The van der Waals surface area contributed by atoms with Crippen LogP contribution in [0, 0.1) is 12.8 Å². The monoisotopic (exact) mass is 365 g/mol. The molecule has 27 heavy (non-hydrogen) atoms. The Morgan fingerprint density at radius 1 is 1.22 bits per heavy atom. The standard InChI is InChI=1S/C19H19N5O3/c1-12-17(18(25)23-10-4-5-13(11-23)19(26)27)21-22-24(12)16-8-2-7-15-14(16)6-3-9-20-15/h2-3,6-9,13H,4-5,10-11H2,1H3,(H,26,27)/t13-/m0/s1. The summed E-state index contributed by atoms with van der Waals surface area (Å²) in [5.41, 5.74) is 2.50. The zero-order valence-corrected chi connectivity index (χ0v) is 14.9. The number of carboxylic acids is 1. The summed E-state index contributed by atoms with van der Waals surface area (Å²) >= 11 is 0. The van der Waals surface area contributed by atoms with Gasteiger partial charge >= 0.3 is 5.97 Å². The first-order valence-electron chi connectivity index (χ1n) is 8.85. The Kier molecular flexibility index (Phi) is 4.31. The van der Waals surface area contributed by atoms with Crippen LogP contribution in [0.25, 0.3) is 16.6 Å². The Morgan fingerprint density at radius 3 is 2.89 bits per heavy atom. The summed E-state index contributed by atoms with van der Waals surface area (Å²) < 4.78 is 1.63. The molecule has 1 amide bonds. The van der Waals surface area contributed by atoms with E-state index in [1.54, 1.807) is 22.7 Å². The third-order valence-electron chi connectivity index (χ3n) is 5.01. The maximum absolute atomic E-state index is 12.9. The van der Waals surface area contributed by atoms with E-state index in [4.69, 9.17) is 0 Å². The maximum Gasteiger partial charge on any atom is 0.308 e. The highest BCUT2D eigenvalue weighted by Gasteiger charge is 2.31. The van der Waals surface area contributed by atoms with Crippen molar-refractivity contribution >= 4 is 22.8 Å². The number of hydrogen-bond acceptors (Lipinski definition) is 5. The van der Waals surface area contributed by atoms with Crippen LogP contribution in [0.5, 0.6) is 0 Å². The number of amides is 1. The number of rotatable bonds is 3. The van der Waals surface area contributed by atoms with Crippen LogP contribution in [-0.4, -0.2) is 55.0 Å². The second kappa shape index (κ2) is 6.79. The predicted octanol–water partition coefficient (Wildman–Crippen LogP) is 2.06. The second-order valence-corrected chi connectivity index (χ2v) is 6.71. The van der Waals surface area contributed by atoms with Crippen molar-refractivity contribution in [3.63, 3.8) is 0 Å². The minimum atomic E-state index is -0.865. The van der Waals surface area contributed by atoms with Crippen LogP contribution in [0.2, 0.25) is 0 Å². The smallest absolute Gasteiger partial charge is 0.308 e. The van der Waals surface area contributed by atoms with Gasteiger partial charge in [0, 0.05) is 24.7 Å². The Labute approximate surface area is 155 Å². The van der Waals surface area contributed by atoms with E-state index in [-0.39, 0.29) is 18.1 Å². The van der Waals surface area contributed by atoms with E-state index in [9.17, 15) is 14.7 Å². The maximum atomic E-state index is 12.9. The number of hydrogen-bond donors (Lipinski definition) is 1. The van der Waals surface area contributed by atoms with Gasteiger partial charge in [0.15, 0.2) is 5.69 Å². The number of carbonyl (C=O) groups is 2. The van der Waals surface area contributed by atoms with Gasteiger partial charge in [-0.15, -0.1) is 5.10 Å². The van der Waals surface area contributed by atoms with Crippen molar-refractivity contribution in [3.05, 3.63) is 47.9 Å². The zero-order chi connectivity index (χ0) is 19.0. The topological polar surface area (TPSA) is 101 Å². The van der Waals surface area contributed by atoms with Gasteiger partial charge in [-0.25, -0.2) is 4.68 Å². The van der Waals surface area contributed by atoms with Gasteiger partial charge in [-0.2, -0.15) is 0 Å². The van der Waals surface area contributed by atoms with Crippen LogP contribution in [0.4, 0.5) is 0 Å². The van der Waals surface area contributed by atoms with Gasteiger partial charge in [0.25, 0.3) is 5.91 Å².